The van der Waals surface area contributed by atoms with E-state index in [1.807, 2.05) is 54.7 Å². The van der Waals surface area contributed by atoms with Crippen molar-refractivity contribution >= 4 is 152 Å². The minimum atomic E-state index is -2.37. The molecule has 0 saturated carbocycles. The number of anilines is 4. The van der Waals surface area contributed by atoms with Crippen molar-refractivity contribution in [3.63, 3.8) is 0 Å². The normalized spacial score (nSPS) is 13.7. The number of imidazole rings is 2. The van der Waals surface area contributed by atoms with Crippen LogP contribution in [0.15, 0.2) is 114 Å². The second-order valence-electron chi connectivity index (χ2n) is 29.5. The van der Waals surface area contributed by atoms with Crippen molar-refractivity contribution in [2.24, 2.45) is 0 Å². The van der Waals surface area contributed by atoms with Gasteiger partial charge in [0.05, 0.1) is 64.1 Å². The van der Waals surface area contributed by atoms with Gasteiger partial charge in [-0.1, -0.05) is 92.1 Å². The fraction of sp³-hybridized carbons (Fsp3) is 0.459. The van der Waals surface area contributed by atoms with E-state index in [1.165, 1.54) is 96.7 Å². The van der Waals surface area contributed by atoms with Crippen LogP contribution in [0.5, 0.6) is 0 Å². The van der Waals surface area contributed by atoms with Gasteiger partial charge in [-0.2, -0.15) is 19.6 Å². The Kier molecular flexibility index (Phi) is 25.6. The Morgan fingerprint density at radius 1 is 0.548 bits per heavy atom. The Morgan fingerprint density at radius 3 is 1.38 bits per heavy atom. The molecule has 2 fully saturated rings. The summed E-state index contributed by atoms with van der Waals surface area (Å²) < 4.78 is 47.0. The van der Waals surface area contributed by atoms with Gasteiger partial charge in [-0.3, -0.25) is 0 Å². The van der Waals surface area contributed by atoms with E-state index < -0.39 is 65.2 Å². The Morgan fingerprint density at radius 2 is 0.962 bits per heavy atom. The van der Waals surface area contributed by atoms with Crippen LogP contribution < -0.4 is 13.6 Å². The topological polar surface area (TPSA) is 253 Å². The number of unbranched alkanes of at least 4 members (excludes halogenated alkanes) is 3. The molecule has 6 aromatic heterocycles. The standard InChI is InChI=1S/C31H32ClN7O5S.C25H25BrClN5O4S.C6H7N2O.3C4H9.Sn/c1-30(2,3)43-28(40)38(23-11-10-22-21(24(23)32)15-34-39(22)29(41)44-31(4,5)6)27-36-35-26(45-27)19-9-7-8-18(14-19)25-33-12-13-37(25)20-16-42-17-20;1-24(2,3)35-22(33)31(21-30-29-20(37-21)14-8-7-9-15(26)12-14)18-11-10-17-16(19(18)27)13-28-32(17)23(34)36-25(4,5)6;1-2-8(5-7-1)6-3-9-4-6;3*1-3-4-2;/h7-15,20H,16-17H2,1-6H3;7-13H,1-6H3;1-2,6H,3-4H2;3*1,3-4H2,2H3;. The zero-order valence-electron chi connectivity index (χ0n) is 61.5. The minimum absolute atomic E-state index is 0.179. The third-order valence-electron chi connectivity index (χ3n) is 16.6. The van der Waals surface area contributed by atoms with Crippen molar-refractivity contribution < 1.29 is 47.6 Å². The van der Waals surface area contributed by atoms with Crippen LogP contribution in [0.25, 0.3) is 54.3 Å². The number of hydrogen-bond donors (Lipinski definition) is 0. The summed E-state index contributed by atoms with van der Waals surface area (Å²) in [7, 11) is 0. The van der Waals surface area contributed by atoms with Crippen molar-refractivity contribution in [1.29, 1.82) is 0 Å². The number of amides is 2. The van der Waals surface area contributed by atoms with E-state index in [1.54, 1.807) is 117 Å². The molecule has 2 amide bonds. The number of rotatable bonds is 19. The first-order valence-corrected chi connectivity index (χ1v) is 45.6. The van der Waals surface area contributed by atoms with Gasteiger partial charge < -0.3 is 28.3 Å². The molecule has 30 heteroatoms. The van der Waals surface area contributed by atoms with Gasteiger partial charge in [-0.25, -0.2) is 34.0 Å². The Bertz CT molecular complexity index is 4630. The molecule has 0 radical (unpaired) electrons. The summed E-state index contributed by atoms with van der Waals surface area (Å²) in [6.45, 7) is 31.3. The van der Waals surface area contributed by atoms with Crippen LogP contribution in [0.3, 0.4) is 0 Å². The molecule has 2 aliphatic rings. The van der Waals surface area contributed by atoms with E-state index in [2.05, 4.69) is 93.8 Å². The number of ether oxygens (including phenoxy) is 6. The van der Waals surface area contributed by atoms with Crippen LogP contribution in [-0.4, -0.2) is 151 Å². The number of benzene rings is 4. The zero-order valence-corrected chi connectivity index (χ0v) is 69.1. The SMILES string of the molecule is CC(C)(C)OC(=O)N(c1nnc(-c2cccc(-c3nccn3C3COC3)c2)s1)c1ccc2c(cnn2C(=O)OC(C)(C)C)c1Cl.CC(C)(C)OC(=O)N(c1nnc(-c2cccc(Br)c2)s1)c1ccc2c(cnn2C(=O)OC(C)(C)C)c1Cl.CCC[CH2][Sn]([CH2]CCC)([CH2]CCC)[c]1nccn1C1COC1. The van der Waals surface area contributed by atoms with Gasteiger partial charge >= 0.3 is 165 Å². The first-order valence-electron chi connectivity index (χ1n) is 34.9. The van der Waals surface area contributed by atoms with Crippen LogP contribution >= 0.6 is 61.8 Å². The summed E-state index contributed by atoms with van der Waals surface area (Å²) in [4.78, 5) is 64.6. The quantitative estimate of drug-likeness (QED) is 0.0538. The predicted molar refractivity (Wildman–Crippen MR) is 416 cm³/mol. The van der Waals surface area contributed by atoms with E-state index in [0.29, 0.717) is 62.5 Å². The molecule has 10 aromatic rings. The predicted octanol–water partition coefficient (Wildman–Crippen LogP) is 19.8. The maximum atomic E-state index is 13.7. The molecule has 0 atom stereocenters. The maximum absolute atomic E-state index is 13.7. The fourth-order valence-electron chi connectivity index (χ4n) is 11.7. The van der Waals surface area contributed by atoms with Crippen LogP contribution in [0.1, 0.15) is 154 Å². The van der Waals surface area contributed by atoms with Crippen molar-refractivity contribution in [2.75, 3.05) is 36.2 Å². The molecular weight excluding hydrogens is 1580 g/mol. The van der Waals surface area contributed by atoms with E-state index in [0.717, 1.165) is 49.6 Å². The van der Waals surface area contributed by atoms with Gasteiger partial charge in [0.25, 0.3) is 0 Å². The summed E-state index contributed by atoms with van der Waals surface area (Å²) in [6, 6.07) is 22.8. The van der Waals surface area contributed by atoms with Crippen LogP contribution in [0, 0.1) is 0 Å². The summed E-state index contributed by atoms with van der Waals surface area (Å²) >= 11 is 17.2. The van der Waals surface area contributed by atoms with Gasteiger partial charge in [-0.15, -0.1) is 20.4 Å². The van der Waals surface area contributed by atoms with Crippen molar-refractivity contribution in [3.05, 3.63) is 124 Å². The van der Waals surface area contributed by atoms with Gasteiger partial charge in [0.2, 0.25) is 10.3 Å². The van der Waals surface area contributed by atoms with Gasteiger partial charge in [0, 0.05) is 44.3 Å². The number of carbonyl (C=O) groups excluding carboxylic acids is 4. The molecule has 2 saturated heterocycles. The monoisotopic (exact) mass is 1670 g/mol. The van der Waals surface area contributed by atoms with E-state index in [-0.39, 0.29) is 26.4 Å². The molecule has 2 aliphatic heterocycles. The molecular formula is C74H91BrCl2N14O10S2Sn. The summed E-state index contributed by atoms with van der Waals surface area (Å²) in [6.07, 6.45) is 16.4. The number of hydrogen-bond acceptors (Lipinski definition) is 20. The molecule has 0 aliphatic carbocycles. The summed E-state index contributed by atoms with van der Waals surface area (Å²) in [5.41, 5.74) is 1.02. The molecule has 4 aromatic carbocycles. The second kappa shape index (κ2) is 33.6. The Labute approximate surface area is 637 Å². The first kappa shape index (κ1) is 79.2. The summed E-state index contributed by atoms with van der Waals surface area (Å²) in [5.74, 6) is 0.831. The Balaban J connectivity index is 0.000000177. The van der Waals surface area contributed by atoms with Gasteiger partial charge in [0.15, 0.2) is 0 Å². The summed E-state index contributed by atoms with van der Waals surface area (Å²) in [5, 5.41) is 28.7. The second-order valence-corrected chi connectivity index (χ2v) is 46.0. The number of halogens is 3. The molecule has 554 valence electrons. The van der Waals surface area contributed by atoms with Crippen molar-refractivity contribution in [2.45, 2.75) is 190 Å². The molecule has 8 heterocycles. The first-order chi connectivity index (χ1) is 49.3. The molecule has 0 unspecified atom stereocenters. The molecule has 104 heavy (non-hydrogen) atoms. The Hall–Kier alpha value is -7.38. The fourth-order valence-corrected chi connectivity index (χ4v) is 30.5. The van der Waals surface area contributed by atoms with Crippen LogP contribution in [0.2, 0.25) is 23.4 Å². The average Bonchev–Trinajstić information content (AvgIpc) is 1.58. The number of nitrogens with zero attached hydrogens (tertiary/aromatic N) is 14. The number of carbonyl (C=O) groups is 4. The third-order valence-corrected chi connectivity index (χ3v) is 34.9. The van der Waals surface area contributed by atoms with Crippen molar-refractivity contribution in [1.82, 2.24) is 59.1 Å². The van der Waals surface area contributed by atoms with E-state index in [4.69, 9.17) is 56.6 Å². The van der Waals surface area contributed by atoms with Gasteiger partial charge in [0.1, 0.15) is 38.2 Å². The zero-order chi connectivity index (χ0) is 75.1. The number of fused-ring (bicyclic) bond motifs is 2. The molecule has 0 spiro atoms. The van der Waals surface area contributed by atoms with Gasteiger partial charge in [-0.05, 0) is 126 Å². The van der Waals surface area contributed by atoms with Crippen LogP contribution in [0.4, 0.5) is 40.8 Å². The van der Waals surface area contributed by atoms with E-state index >= 15 is 0 Å². The van der Waals surface area contributed by atoms with E-state index in [9.17, 15) is 19.2 Å². The molecule has 0 bridgehead atoms. The number of aromatic nitrogens is 12. The third kappa shape index (κ3) is 19.2. The molecule has 0 N–H and O–H groups in total. The molecule has 24 nitrogen and oxygen atoms in total. The van der Waals surface area contributed by atoms with Crippen LogP contribution in [-0.2, 0) is 28.4 Å². The van der Waals surface area contributed by atoms with Crippen molar-refractivity contribution in [3.8, 4) is 32.5 Å². The average molecular weight is 1670 g/mol. The molecule has 12 rings (SSSR count).